The number of phenols is 1. The number of hydrogen-bond acceptors (Lipinski definition) is 5. The van der Waals surface area contributed by atoms with Gasteiger partial charge in [0.1, 0.15) is 5.75 Å². The molecule has 0 saturated carbocycles. The van der Waals surface area contributed by atoms with Gasteiger partial charge in [0.05, 0.1) is 11.3 Å². The Hall–Kier alpha value is -2.32. The molecular weight excluding hydrogens is 298 g/mol. The van der Waals surface area contributed by atoms with Crippen LogP contribution in [0.4, 0.5) is 5.69 Å². The molecule has 0 spiro atoms. The Kier molecular flexibility index (Phi) is 4.01. The number of anilines is 1. The minimum absolute atomic E-state index is 0.0612. The number of rotatable bonds is 5. The van der Waals surface area contributed by atoms with Crippen molar-refractivity contribution < 1.29 is 28.0 Å². The Morgan fingerprint density at radius 2 is 1.90 bits per heavy atom. The number of aliphatic carboxylic acids is 1. The molecule has 0 aliphatic rings. The van der Waals surface area contributed by atoms with E-state index in [1.807, 2.05) is 0 Å². The molecule has 0 aromatic heterocycles. The zero-order chi connectivity index (χ0) is 15.6. The molecule has 0 radical (unpaired) electrons. The predicted molar refractivity (Wildman–Crippen MR) is 76.2 cm³/mol. The van der Waals surface area contributed by atoms with Crippen LogP contribution in [0.3, 0.4) is 0 Å². The average molecular weight is 311 g/mol. The molecule has 4 N–H and O–H groups in total. The summed E-state index contributed by atoms with van der Waals surface area (Å²) in [6.45, 7) is 0.213. The second-order valence-corrected chi connectivity index (χ2v) is 5.85. The number of carboxylic acids is 1. The fourth-order valence-corrected chi connectivity index (χ4v) is 2.43. The zero-order valence-corrected chi connectivity index (χ0v) is 11.6. The standard InChI is InChI=1S/C13H13NO6S/c15-12-7-10(21(18,19)20)6-8-5-9(1-2-11(8)12)14-4-3-13(16)17/h1-2,5-7,14-15H,3-4H2,(H,16,17)(H,18,19,20). The van der Waals surface area contributed by atoms with Crippen LogP contribution in [0.2, 0.25) is 0 Å². The minimum atomic E-state index is -4.42. The molecule has 2 rings (SSSR count). The highest BCUT2D eigenvalue weighted by molar-refractivity contribution is 7.85. The Labute approximate surface area is 120 Å². The van der Waals surface area contributed by atoms with Crippen molar-refractivity contribution in [1.82, 2.24) is 0 Å². The van der Waals surface area contributed by atoms with Gasteiger partial charge in [-0.05, 0) is 29.7 Å². The molecule has 2 aromatic rings. The van der Waals surface area contributed by atoms with Crippen molar-refractivity contribution in [2.75, 3.05) is 11.9 Å². The Morgan fingerprint density at radius 1 is 1.19 bits per heavy atom. The lowest BCUT2D eigenvalue weighted by Crippen LogP contribution is -2.07. The molecule has 2 aromatic carbocycles. The Balaban J connectivity index is 2.39. The topological polar surface area (TPSA) is 124 Å². The second kappa shape index (κ2) is 5.58. The number of benzene rings is 2. The van der Waals surface area contributed by atoms with E-state index in [1.54, 1.807) is 18.2 Å². The van der Waals surface area contributed by atoms with Crippen LogP contribution < -0.4 is 5.32 Å². The largest absolute Gasteiger partial charge is 0.507 e. The van der Waals surface area contributed by atoms with Crippen LogP contribution in [0.5, 0.6) is 5.75 Å². The summed E-state index contributed by atoms with van der Waals surface area (Å²) in [4.78, 5) is 10.0. The summed E-state index contributed by atoms with van der Waals surface area (Å²) in [5.74, 6) is -1.20. The van der Waals surface area contributed by atoms with E-state index in [2.05, 4.69) is 5.32 Å². The number of phenolic OH excluding ortho intramolecular Hbond substituents is 1. The van der Waals surface area contributed by atoms with E-state index in [9.17, 15) is 18.3 Å². The summed E-state index contributed by atoms with van der Waals surface area (Å²) in [5, 5.41) is 22.0. The molecule has 0 atom stereocenters. The summed E-state index contributed by atoms with van der Waals surface area (Å²) in [5.41, 5.74) is 0.579. The summed E-state index contributed by atoms with van der Waals surface area (Å²) in [6, 6.07) is 6.96. The molecule has 0 unspecified atom stereocenters. The van der Waals surface area contributed by atoms with E-state index in [0.29, 0.717) is 16.5 Å². The molecule has 8 heteroatoms. The monoisotopic (exact) mass is 311 g/mol. The fraction of sp³-hybridized carbons (Fsp3) is 0.154. The number of nitrogens with one attached hydrogen (secondary N) is 1. The lowest BCUT2D eigenvalue weighted by Gasteiger charge is -2.08. The molecule has 0 aliphatic carbocycles. The third-order valence-electron chi connectivity index (χ3n) is 2.87. The predicted octanol–water partition coefficient (Wildman–Crippen LogP) is 1.68. The van der Waals surface area contributed by atoms with Crippen molar-refractivity contribution in [1.29, 1.82) is 0 Å². The minimum Gasteiger partial charge on any atom is -0.507 e. The highest BCUT2D eigenvalue weighted by Crippen LogP contribution is 2.30. The van der Waals surface area contributed by atoms with Crippen LogP contribution in [-0.4, -0.2) is 35.7 Å². The molecule has 0 amide bonds. The maximum absolute atomic E-state index is 11.1. The van der Waals surface area contributed by atoms with Gasteiger partial charge >= 0.3 is 5.97 Å². The van der Waals surface area contributed by atoms with Gasteiger partial charge in [-0.1, -0.05) is 0 Å². The van der Waals surface area contributed by atoms with Crippen LogP contribution in [0.15, 0.2) is 35.2 Å². The highest BCUT2D eigenvalue weighted by Gasteiger charge is 2.13. The first kappa shape index (κ1) is 15.1. The molecule has 0 bridgehead atoms. The van der Waals surface area contributed by atoms with Gasteiger partial charge in [-0.25, -0.2) is 0 Å². The van der Waals surface area contributed by atoms with Gasteiger partial charge in [-0.15, -0.1) is 0 Å². The number of hydrogen-bond donors (Lipinski definition) is 4. The Morgan fingerprint density at radius 3 is 2.52 bits per heavy atom. The summed E-state index contributed by atoms with van der Waals surface area (Å²) in [6.07, 6.45) is -0.0612. The van der Waals surface area contributed by atoms with Crippen LogP contribution in [0, 0.1) is 0 Å². The van der Waals surface area contributed by atoms with E-state index < -0.39 is 21.0 Å². The van der Waals surface area contributed by atoms with Crippen LogP contribution in [-0.2, 0) is 14.9 Å². The molecule has 112 valence electrons. The van der Waals surface area contributed by atoms with Crippen molar-refractivity contribution in [2.45, 2.75) is 11.3 Å². The zero-order valence-electron chi connectivity index (χ0n) is 10.8. The Bertz CT molecular complexity index is 800. The lowest BCUT2D eigenvalue weighted by atomic mass is 10.1. The van der Waals surface area contributed by atoms with Crippen LogP contribution in [0.25, 0.3) is 10.8 Å². The van der Waals surface area contributed by atoms with Crippen molar-refractivity contribution in [3.8, 4) is 5.75 Å². The smallest absolute Gasteiger partial charge is 0.305 e. The van der Waals surface area contributed by atoms with E-state index in [0.717, 1.165) is 6.07 Å². The summed E-state index contributed by atoms with van der Waals surface area (Å²) < 4.78 is 31.3. The number of aromatic hydroxyl groups is 1. The fourth-order valence-electron chi connectivity index (χ4n) is 1.90. The maximum atomic E-state index is 11.1. The SMILES string of the molecule is O=C(O)CCNc1ccc2c(O)cc(S(=O)(=O)O)cc2c1. The maximum Gasteiger partial charge on any atom is 0.305 e. The quantitative estimate of drug-likeness (QED) is 0.619. The second-order valence-electron chi connectivity index (χ2n) is 4.42. The number of carboxylic acid groups (broad SMARTS) is 1. The van der Waals surface area contributed by atoms with Crippen LogP contribution in [0.1, 0.15) is 6.42 Å². The highest BCUT2D eigenvalue weighted by atomic mass is 32.2. The molecule has 7 nitrogen and oxygen atoms in total. The van der Waals surface area contributed by atoms with E-state index in [1.165, 1.54) is 6.07 Å². The van der Waals surface area contributed by atoms with Crippen molar-refractivity contribution in [2.24, 2.45) is 0 Å². The molecular formula is C13H13NO6S. The number of carbonyl (C=O) groups is 1. The average Bonchev–Trinajstić information content (AvgIpc) is 2.36. The van der Waals surface area contributed by atoms with Crippen molar-refractivity contribution in [3.63, 3.8) is 0 Å². The van der Waals surface area contributed by atoms with Gasteiger partial charge in [0, 0.05) is 23.7 Å². The summed E-state index contributed by atoms with van der Waals surface area (Å²) >= 11 is 0. The normalized spacial score (nSPS) is 11.5. The van der Waals surface area contributed by atoms with Gasteiger partial charge in [-0.3, -0.25) is 9.35 Å². The first-order valence-corrected chi connectivity index (χ1v) is 7.41. The molecule has 21 heavy (non-hydrogen) atoms. The van der Waals surface area contributed by atoms with Crippen molar-refractivity contribution in [3.05, 3.63) is 30.3 Å². The van der Waals surface area contributed by atoms with E-state index in [4.69, 9.17) is 9.66 Å². The van der Waals surface area contributed by atoms with Gasteiger partial charge in [0.15, 0.2) is 0 Å². The number of fused-ring (bicyclic) bond motifs is 1. The third kappa shape index (κ3) is 3.61. The van der Waals surface area contributed by atoms with Crippen molar-refractivity contribution >= 4 is 32.5 Å². The lowest BCUT2D eigenvalue weighted by molar-refractivity contribution is -0.136. The molecule has 0 saturated heterocycles. The third-order valence-corrected chi connectivity index (χ3v) is 3.70. The van der Waals surface area contributed by atoms with Crippen LogP contribution >= 0.6 is 0 Å². The van der Waals surface area contributed by atoms with Gasteiger partial charge in [0.25, 0.3) is 10.1 Å². The first-order chi connectivity index (χ1) is 9.77. The summed E-state index contributed by atoms with van der Waals surface area (Å²) in [7, 11) is -4.42. The van der Waals surface area contributed by atoms with Gasteiger partial charge in [-0.2, -0.15) is 8.42 Å². The molecule has 0 aliphatic heterocycles. The molecule has 0 fully saturated rings. The van der Waals surface area contributed by atoms with Gasteiger partial charge in [0.2, 0.25) is 0 Å². The first-order valence-electron chi connectivity index (χ1n) is 5.97. The van der Waals surface area contributed by atoms with E-state index in [-0.39, 0.29) is 18.7 Å². The van der Waals surface area contributed by atoms with E-state index >= 15 is 0 Å². The molecule has 0 heterocycles. The van der Waals surface area contributed by atoms with Gasteiger partial charge < -0.3 is 15.5 Å².